The summed E-state index contributed by atoms with van der Waals surface area (Å²) in [5.74, 6) is 0.253. The summed E-state index contributed by atoms with van der Waals surface area (Å²) in [6, 6.07) is 0. The lowest BCUT2D eigenvalue weighted by molar-refractivity contribution is -0.121. The molecule has 3 nitrogen and oxygen atoms in total. The second-order valence-electron chi connectivity index (χ2n) is 2.84. The van der Waals surface area contributed by atoms with E-state index in [4.69, 9.17) is 14.2 Å². The number of rotatable bonds is 3. The Balaban J connectivity index is 2.29. The van der Waals surface area contributed by atoms with Crippen molar-refractivity contribution in [1.82, 2.24) is 0 Å². The van der Waals surface area contributed by atoms with Crippen LogP contribution in [-0.2, 0) is 14.2 Å². The Morgan fingerprint density at radius 1 is 1.55 bits per heavy atom. The molecule has 0 radical (unpaired) electrons. The molecule has 0 atom stereocenters. The zero-order valence-corrected chi connectivity index (χ0v) is 7.22. The third kappa shape index (κ3) is 2.42. The highest BCUT2D eigenvalue weighted by atomic mass is 16.7. The van der Waals surface area contributed by atoms with E-state index < -0.39 is 5.79 Å². The first kappa shape index (κ1) is 8.40. The molecule has 64 valence electrons. The van der Waals surface area contributed by atoms with Crippen LogP contribution in [0.2, 0.25) is 0 Å². The number of hydrogen-bond donors (Lipinski definition) is 0. The first-order valence-corrected chi connectivity index (χ1v) is 3.77. The van der Waals surface area contributed by atoms with Crippen molar-refractivity contribution in [1.29, 1.82) is 0 Å². The molecule has 1 rings (SSSR count). The fourth-order valence-corrected chi connectivity index (χ4v) is 0.838. The predicted octanol–water partition coefficient (Wildman–Crippen LogP) is 1.65. The minimum Gasteiger partial charge on any atom is -0.457 e. The van der Waals surface area contributed by atoms with E-state index in [0.717, 1.165) is 5.76 Å². The van der Waals surface area contributed by atoms with E-state index in [9.17, 15) is 0 Å². The molecule has 0 spiro atoms. The van der Waals surface area contributed by atoms with Gasteiger partial charge >= 0.3 is 0 Å². The lowest BCUT2D eigenvalue weighted by Gasteiger charge is -2.17. The summed E-state index contributed by atoms with van der Waals surface area (Å²) in [7, 11) is 0. The zero-order chi connectivity index (χ0) is 8.32. The van der Waals surface area contributed by atoms with Crippen LogP contribution in [0.4, 0.5) is 0 Å². The molecule has 0 aliphatic carbocycles. The Morgan fingerprint density at radius 2 is 2.27 bits per heavy atom. The normalized spacial score (nSPS) is 20.5. The summed E-state index contributed by atoms with van der Waals surface area (Å²) in [6.07, 6.45) is 1.61. The van der Waals surface area contributed by atoms with Crippen molar-refractivity contribution in [2.45, 2.75) is 26.6 Å². The Kier molecular flexibility index (Phi) is 2.39. The van der Waals surface area contributed by atoms with E-state index in [1.54, 1.807) is 6.26 Å². The van der Waals surface area contributed by atoms with Gasteiger partial charge in [-0.25, -0.2) is 0 Å². The van der Waals surface area contributed by atoms with Crippen molar-refractivity contribution in [2.75, 3.05) is 13.2 Å². The average molecular weight is 158 g/mol. The van der Waals surface area contributed by atoms with Crippen LogP contribution in [0.15, 0.2) is 12.0 Å². The van der Waals surface area contributed by atoms with Gasteiger partial charge in [-0.2, -0.15) is 0 Å². The fraction of sp³-hybridized carbons (Fsp3) is 0.750. The van der Waals surface area contributed by atoms with Crippen LogP contribution < -0.4 is 0 Å². The number of hydrogen-bond acceptors (Lipinski definition) is 3. The molecule has 3 heteroatoms. The van der Waals surface area contributed by atoms with Crippen LogP contribution in [0.25, 0.3) is 0 Å². The third-order valence-electron chi connectivity index (χ3n) is 1.30. The lowest BCUT2D eigenvalue weighted by Crippen LogP contribution is -2.20. The largest absolute Gasteiger partial charge is 0.457 e. The van der Waals surface area contributed by atoms with Crippen molar-refractivity contribution in [2.24, 2.45) is 0 Å². The predicted molar refractivity (Wildman–Crippen MR) is 40.8 cm³/mol. The van der Waals surface area contributed by atoms with Crippen molar-refractivity contribution >= 4 is 0 Å². The van der Waals surface area contributed by atoms with Crippen molar-refractivity contribution in [3.63, 3.8) is 0 Å². The molecule has 0 N–H and O–H groups in total. The van der Waals surface area contributed by atoms with E-state index in [1.807, 2.05) is 20.8 Å². The summed E-state index contributed by atoms with van der Waals surface area (Å²) in [5, 5.41) is 0. The van der Waals surface area contributed by atoms with Gasteiger partial charge < -0.3 is 14.2 Å². The monoisotopic (exact) mass is 158 g/mol. The average Bonchev–Trinajstić information content (AvgIpc) is 2.26. The highest BCUT2D eigenvalue weighted by Crippen LogP contribution is 2.23. The maximum absolute atomic E-state index is 5.36. The molecule has 0 aromatic carbocycles. The van der Waals surface area contributed by atoms with Crippen LogP contribution >= 0.6 is 0 Å². The van der Waals surface area contributed by atoms with Gasteiger partial charge in [0, 0.05) is 20.5 Å². The lowest BCUT2D eigenvalue weighted by atomic mass is 10.4. The molecule has 1 aliphatic rings. The molecule has 0 aromatic heterocycles. The van der Waals surface area contributed by atoms with Gasteiger partial charge in [-0.15, -0.1) is 0 Å². The molecule has 0 unspecified atom stereocenters. The van der Waals surface area contributed by atoms with Gasteiger partial charge in [0.05, 0.1) is 0 Å². The van der Waals surface area contributed by atoms with Crippen molar-refractivity contribution in [3.05, 3.63) is 12.0 Å². The van der Waals surface area contributed by atoms with Gasteiger partial charge in [-0.3, -0.25) is 0 Å². The molecular formula is C8H14O3. The van der Waals surface area contributed by atoms with Gasteiger partial charge in [0.1, 0.15) is 12.9 Å². The summed E-state index contributed by atoms with van der Waals surface area (Å²) < 4.78 is 15.7. The minimum atomic E-state index is -0.508. The third-order valence-corrected chi connectivity index (χ3v) is 1.30. The molecule has 0 saturated heterocycles. The summed E-state index contributed by atoms with van der Waals surface area (Å²) in [5.41, 5.74) is 0. The maximum Gasteiger partial charge on any atom is 0.244 e. The van der Waals surface area contributed by atoms with E-state index in [2.05, 4.69) is 0 Å². The second kappa shape index (κ2) is 3.13. The highest BCUT2D eigenvalue weighted by Gasteiger charge is 2.27. The maximum atomic E-state index is 5.36. The van der Waals surface area contributed by atoms with Gasteiger partial charge in [0.2, 0.25) is 5.79 Å². The van der Waals surface area contributed by atoms with Crippen molar-refractivity contribution in [3.8, 4) is 0 Å². The van der Waals surface area contributed by atoms with Gasteiger partial charge in [0.15, 0.2) is 5.76 Å². The van der Waals surface area contributed by atoms with Crippen LogP contribution in [0, 0.1) is 0 Å². The molecule has 11 heavy (non-hydrogen) atoms. The molecule has 1 heterocycles. The Hall–Kier alpha value is -0.700. The first-order valence-electron chi connectivity index (χ1n) is 3.77. The topological polar surface area (TPSA) is 27.7 Å². The highest BCUT2D eigenvalue weighted by molar-refractivity contribution is 4.95. The number of ether oxygens (including phenoxy) is 3. The van der Waals surface area contributed by atoms with E-state index in [1.165, 1.54) is 0 Å². The zero-order valence-electron chi connectivity index (χ0n) is 7.22. The molecule has 0 amide bonds. The SMILES string of the molecule is CCOCC1=COC(C)(C)O1. The smallest absolute Gasteiger partial charge is 0.244 e. The van der Waals surface area contributed by atoms with E-state index >= 15 is 0 Å². The summed E-state index contributed by atoms with van der Waals surface area (Å²) in [4.78, 5) is 0. The van der Waals surface area contributed by atoms with E-state index in [0.29, 0.717) is 13.2 Å². The molecule has 1 aliphatic heterocycles. The van der Waals surface area contributed by atoms with Gasteiger partial charge in [-0.05, 0) is 6.92 Å². The first-order chi connectivity index (χ1) is 5.14. The fourth-order valence-electron chi connectivity index (χ4n) is 0.838. The summed E-state index contributed by atoms with van der Waals surface area (Å²) >= 11 is 0. The van der Waals surface area contributed by atoms with Crippen LogP contribution in [-0.4, -0.2) is 19.0 Å². The standard InChI is InChI=1S/C8H14O3/c1-4-9-5-7-6-10-8(2,3)11-7/h6H,4-5H2,1-3H3. The molecule has 0 saturated carbocycles. The minimum absolute atomic E-state index is 0.500. The molecule has 0 aromatic rings. The van der Waals surface area contributed by atoms with Crippen LogP contribution in [0.1, 0.15) is 20.8 Å². The van der Waals surface area contributed by atoms with Gasteiger partial charge in [0.25, 0.3) is 0 Å². The molecule has 0 bridgehead atoms. The quantitative estimate of drug-likeness (QED) is 0.625. The van der Waals surface area contributed by atoms with Crippen molar-refractivity contribution < 1.29 is 14.2 Å². The molecule has 0 fully saturated rings. The Bertz CT molecular complexity index is 161. The summed E-state index contributed by atoms with van der Waals surface area (Å²) in [6.45, 7) is 6.87. The Morgan fingerprint density at radius 3 is 2.73 bits per heavy atom. The van der Waals surface area contributed by atoms with E-state index in [-0.39, 0.29) is 0 Å². The molecular weight excluding hydrogens is 144 g/mol. The second-order valence-corrected chi connectivity index (χ2v) is 2.84. The van der Waals surface area contributed by atoms with Crippen LogP contribution in [0.3, 0.4) is 0 Å². The van der Waals surface area contributed by atoms with Crippen LogP contribution in [0.5, 0.6) is 0 Å². The Labute approximate surface area is 66.9 Å². The van der Waals surface area contributed by atoms with Gasteiger partial charge in [-0.1, -0.05) is 0 Å².